The summed E-state index contributed by atoms with van der Waals surface area (Å²) in [5.74, 6) is -0.165. The topological polar surface area (TPSA) is 12.0 Å². The molecule has 0 amide bonds. The van der Waals surface area contributed by atoms with E-state index >= 15 is 0 Å². The monoisotopic (exact) mass is 275 g/mol. The van der Waals surface area contributed by atoms with Gasteiger partial charge >= 0.3 is 0 Å². The van der Waals surface area contributed by atoms with E-state index in [1.807, 2.05) is 24.3 Å². The molecule has 3 heteroatoms. The van der Waals surface area contributed by atoms with Crippen molar-refractivity contribution in [2.45, 2.75) is 19.9 Å². The predicted molar refractivity (Wildman–Crippen MR) is 81.9 cm³/mol. The van der Waals surface area contributed by atoms with Gasteiger partial charge in [0.15, 0.2) is 0 Å². The highest BCUT2D eigenvalue weighted by Gasteiger charge is 2.05. The fourth-order valence-corrected chi connectivity index (χ4v) is 2.69. The second-order valence-corrected chi connectivity index (χ2v) is 5.76. The van der Waals surface area contributed by atoms with Gasteiger partial charge in [-0.25, -0.2) is 4.39 Å². The molecule has 100 valence electrons. The van der Waals surface area contributed by atoms with Crippen molar-refractivity contribution in [3.05, 3.63) is 53.2 Å². The van der Waals surface area contributed by atoms with Crippen molar-refractivity contribution in [1.82, 2.24) is 5.32 Å². The van der Waals surface area contributed by atoms with E-state index in [0.717, 1.165) is 16.3 Å². The number of thiophene rings is 1. The first-order valence-electron chi connectivity index (χ1n) is 6.41. The van der Waals surface area contributed by atoms with Gasteiger partial charge in [-0.05, 0) is 24.3 Å². The minimum Gasteiger partial charge on any atom is -0.311 e. The van der Waals surface area contributed by atoms with Crippen molar-refractivity contribution in [2.24, 2.45) is 0 Å². The van der Waals surface area contributed by atoms with Gasteiger partial charge < -0.3 is 5.32 Å². The van der Waals surface area contributed by atoms with Crippen LogP contribution in [0, 0.1) is 5.82 Å². The minimum atomic E-state index is -0.165. The Morgan fingerprint density at radius 3 is 2.74 bits per heavy atom. The van der Waals surface area contributed by atoms with E-state index in [2.05, 4.69) is 31.3 Å². The van der Waals surface area contributed by atoms with E-state index < -0.39 is 0 Å². The molecule has 1 N–H and O–H groups in total. The average Bonchev–Trinajstić information content (AvgIpc) is 2.83. The zero-order valence-corrected chi connectivity index (χ0v) is 12.0. The van der Waals surface area contributed by atoms with Crippen LogP contribution in [0.1, 0.15) is 18.7 Å². The number of benzene rings is 1. The lowest BCUT2D eigenvalue weighted by atomic mass is 10.2. The molecule has 2 aromatic rings. The smallest absolute Gasteiger partial charge is 0.131 e. The summed E-state index contributed by atoms with van der Waals surface area (Å²) < 4.78 is 13.7. The number of halogens is 1. The van der Waals surface area contributed by atoms with Crippen LogP contribution in [0.25, 0.3) is 16.5 Å². The first kappa shape index (κ1) is 14.0. The van der Waals surface area contributed by atoms with Crippen molar-refractivity contribution in [1.29, 1.82) is 0 Å². The van der Waals surface area contributed by atoms with Crippen molar-refractivity contribution in [2.75, 3.05) is 6.54 Å². The summed E-state index contributed by atoms with van der Waals surface area (Å²) in [5.41, 5.74) is 0.674. The Morgan fingerprint density at radius 1 is 1.21 bits per heavy atom. The Morgan fingerprint density at radius 2 is 2.00 bits per heavy atom. The highest BCUT2D eigenvalue weighted by molar-refractivity contribution is 7.16. The Balaban J connectivity index is 2.05. The molecule has 1 nitrogen and oxygen atoms in total. The molecular weight excluding hydrogens is 257 g/mol. The third-order valence-electron chi connectivity index (χ3n) is 2.69. The fourth-order valence-electron chi connectivity index (χ4n) is 1.73. The maximum Gasteiger partial charge on any atom is 0.131 e. The fraction of sp³-hybridized carbons (Fsp3) is 0.250. The highest BCUT2D eigenvalue weighted by atomic mass is 32.1. The van der Waals surface area contributed by atoms with Gasteiger partial charge in [-0.3, -0.25) is 0 Å². The molecule has 19 heavy (non-hydrogen) atoms. The van der Waals surface area contributed by atoms with Crippen LogP contribution in [0.4, 0.5) is 4.39 Å². The number of rotatable bonds is 5. The second kappa shape index (κ2) is 6.64. The van der Waals surface area contributed by atoms with Crippen LogP contribution in [0.2, 0.25) is 0 Å². The molecular formula is C16H18FNS. The normalized spacial score (nSPS) is 11.6. The van der Waals surface area contributed by atoms with Crippen LogP contribution in [-0.2, 0) is 0 Å². The van der Waals surface area contributed by atoms with Gasteiger partial charge in [0.2, 0.25) is 0 Å². The van der Waals surface area contributed by atoms with Crippen LogP contribution in [0.15, 0.2) is 42.5 Å². The molecule has 0 bridgehead atoms. The number of hydrogen-bond donors (Lipinski definition) is 1. The summed E-state index contributed by atoms with van der Waals surface area (Å²) in [7, 11) is 0. The van der Waals surface area contributed by atoms with E-state index in [4.69, 9.17) is 0 Å². The molecule has 0 aliphatic rings. The van der Waals surface area contributed by atoms with Gasteiger partial charge in [-0.15, -0.1) is 11.3 Å². The maximum absolute atomic E-state index is 13.7. The van der Waals surface area contributed by atoms with Crippen LogP contribution in [0.3, 0.4) is 0 Å². The second-order valence-electron chi connectivity index (χ2n) is 4.65. The van der Waals surface area contributed by atoms with E-state index in [1.165, 1.54) is 6.07 Å². The quantitative estimate of drug-likeness (QED) is 0.843. The largest absolute Gasteiger partial charge is 0.311 e. The molecule has 0 radical (unpaired) electrons. The molecule has 2 rings (SSSR count). The van der Waals surface area contributed by atoms with Crippen molar-refractivity contribution >= 4 is 17.4 Å². The highest BCUT2D eigenvalue weighted by Crippen LogP contribution is 2.30. The molecule has 0 atom stereocenters. The summed E-state index contributed by atoms with van der Waals surface area (Å²) in [5, 5.41) is 3.32. The third kappa shape index (κ3) is 4.01. The molecule has 0 saturated heterocycles. The van der Waals surface area contributed by atoms with Crippen molar-refractivity contribution < 1.29 is 4.39 Å². The third-order valence-corrected chi connectivity index (χ3v) is 3.78. The van der Waals surface area contributed by atoms with Crippen LogP contribution in [0.5, 0.6) is 0 Å². The molecule has 0 aliphatic carbocycles. The molecule has 0 spiro atoms. The molecule has 0 unspecified atom stereocenters. The summed E-state index contributed by atoms with van der Waals surface area (Å²) in [4.78, 5) is 2.11. The van der Waals surface area contributed by atoms with E-state index in [1.54, 1.807) is 17.4 Å². The summed E-state index contributed by atoms with van der Waals surface area (Å²) in [6.07, 6.45) is 4.17. The van der Waals surface area contributed by atoms with Crippen molar-refractivity contribution in [3.8, 4) is 10.4 Å². The maximum atomic E-state index is 13.7. The zero-order valence-electron chi connectivity index (χ0n) is 11.2. The molecule has 1 heterocycles. The van der Waals surface area contributed by atoms with Crippen LogP contribution < -0.4 is 5.32 Å². The molecule has 0 aliphatic heterocycles. The number of nitrogens with one attached hydrogen (secondary N) is 1. The molecule has 1 aromatic carbocycles. The first-order chi connectivity index (χ1) is 9.16. The lowest BCUT2D eigenvalue weighted by molar-refractivity contribution is 0.631. The van der Waals surface area contributed by atoms with Gasteiger partial charge in [0.05, 0.1) is 0 Å². The molecule has 1 aromatic heterocycles. The lowest BCUT2D eigenvalue weighted by Crippen LogP contribution is -2.22. The van der Waals surface area contributed by atoms with Gasteiger partial charge in [0.1, 0.15) is 5.82 Å². The Kier molecular flexibility index (Phi) is 4.88. The standard InChI is InChI=1S/C16H18FNS/c1-12(2)18-11-5-6-13-9-10-16(19-13)14-7-3-4-8-15(14)17/h3-10,12,18H,11H2,1-2H3. The Hall–Kier alpha value is -1.45. The Bertz CT molecular complexity index is 557. The molecule has 0 saturated carbocycles. The van der Waals surface area contributed by atoms with Crippen molar-refractivity contribution in [3.63, 3.8) is 0 Å². The van der Waals surface area contributed by atoms with Crippen LogP contribution in [-0.4, -0.2) is 12.6 Å². The minimum absolute atomic E-state index is 0.165. The predicted octanol–water partition coefficient (Wildman–Crippen LogP) is 4.57. The van der Waals surface area contributed by atoms with E-state index in [-0.39, 0.29) is 5.82 Å². The van der Waals surface area contributed by atoms with E-state index in [0.29, 0.717) is 11.6 Å². The summed E-state index contributed by atoms with van der Waals surface area (Å²) in [6, 6.07) is 11.4. The summed E-state index contributed by atoms with van der Waals surface area (Å²) >= 11 is 1.60. The zero-order chi connectivity index (χ0) is 13.7. The van der Waals surface area contributed by atoms with Gasteiger partial charge in [-0.1, -0.05) is 38.1 Å². The molecule has 0 fully saturated rings. The van der Waals surface area contributed by atoms with Gasteiger partial charge in [0.25, 0.3) is 0 Å². The lowest BCUT2D eigenvalue weighted by Gasteiger charge is -2.02. The SMILES string of the molecule is CC(C)NCC=Cc1ccc(-c2ccccc2F)s1. The van der Waals surface area contributed by atoms with Crippen LogP contribution >= 0.6 is 11.3 Å². The van der Waals surface area contributed by atoms with Gasteiger partial charge in [0, 0.05) is 27.9 Å². The summed E-state index contributed by atoms with van der Waals surface area (Å²) in [6.45, 7) is 5.09. The Labute approximate surface area is 117 Å². The van der Waals surface area contributed by atoms with E-state index in [9.17, 15) is 4.39 Å². The number of hydrogen-bond acceptors (Lipinski definition) is 2. The van der Waals surface area contributed by atoms with Gasteiger partial charge in [-0.2, -0.15) is 0 Å². The first-order valence-corrected chi connectivity index (χ1v) is 7.23. The average molecular weight is 275 g/mol.